The zero-order valence-corrected chi connectivity index (χ0v) is 14.8. The van der Waals surface area contributed by atoms with E-state index < -0.39 is 5.82 Å². The first kappa shape index (κ1) is 16.3. The van der Waals surface area contributed by atoms with Gasteiger partial charge in [-0.05, 0) is 36.4 Å². The minimum absolute atomic E-state index is 0.156. The van der Waals surface area contributed by atoms with E-state index in [2.05, 4.69) is 20.1 Å². The van der Waals surface area contributed by atoms with Gasteiger partial charge in [-0.3, -0.25) is 9.36 Å². The first-order chi connectivity index (χ1) is 12.2. The summed E-state index contributed by atoms with van der Waals surface area (Å²) in [6, 6.07) is 10.5. The third-order valence-corrected chi connectivity index (χ3v) is 5.61. The molecule has 128 valence electrons. The number of halogens is 1. The van der Waals surface area contributed by atoms with E-state index in [1.165, 1.54) is 17.8 Å². The van der Waals surface area contributed by atoms with Crippen LogP contribution in [-0.4, -0.2) is 26.4 Å². The van der Waals surface area contributed by atoms with Crippen LogP contribution in [0.25, 0.3) is 10.7 Å². The van der Waals surface area contributed by atoms with Crippen LogP contribution in [0.3, 0.4) is 0 Å². The molecule has 0 radical (unpaired) electrons. The molecular formula is C17H15FN4OS2. The number of thiophene rings is 1. The number of nitrogens with one attached hydrogen (secondary N) is 1. The number of carbonyl (C=O) groups excluding carboxylic acids is 1. The van der Waals surface area contributed by atoms with Crippen molar-refractivity contribution in [3.63, 3.8) is 0 Å². The highest BCUT2D eigenvalue weighted by atomic mass is 32.2. The molecule has 2 aromatic heterocycles. The van der Waals surface area contributed by atoms with Gasteiger partial charge >= 0.3 is 0 Å². The van der Waals surface area contributed by atoms with Gasteiger partial charge in [0.05, 0.1) is 16.3 Å². The number of hydrogen-bond acceptors (Lipinski definition) is 5. The molecule has 5 nitrogen and oxygen atoms in total. The molecule has 0 bridgehead atoms. The van der Waals surface area contributed by atoms with E-state index in [1.54, 1.807) is 29.5 Å². The van der Waals surface area contributed by atoms with Crippen molar-refractivity contribution in [1.29, 1.82) is 0 Å². The van der Waals surface area contributed by atoms with Crippen LogP contribution in [0.2, 0.25) is 0 Å². The Kier molecular flexibility index (Phi) is 4.54. The van der Waals surface area contributed by atoms with Crippen LogP contribution >= 0.6 is 23.1 Å². The molecule has 0 aliphatic heterocycles. The lowest BCUT2D eigenvalue weighted by Crippen LogP contribution is -2.15. The fraction of sp³-hybridized carbons (Fsp3) is 0.235. The van der Waals surface area contributed by atoms with Gasteiger partial charge in [0.1, 0.15) is 5.82 Å². The zero-order valence-electron chi connectivity index (χ0n) is 13.2. The van der Waals surface area contributed by atoms with Gasteiger partial charge in [0.15, 0.2) is 11.0 Å². The largest absolute Gasteiger partial charge is 0.323 e. The average molecular weight is 374 g/mol. The van der Waals surface area contributed by atoms with Crippen LogP contribution < -0.4 is 5.32 Å². The van der Waals surface area contributed by atoms with Gasteiger partial charge in [-0.1, -0.05) is 30.0 Å². The Balaban J connectivity index is 1.46. The van der Waals surface area contributed by atoms with Gasteiger partial charge in [-0.25, -0.2) is 4.39 Å². The van der Waals surface area contributed by atoms with Gasteiger partial charge in [-0.15, -0.1) is 21.5 Å². The number of hydrogen-bond donors (Lipinski definition) is 1. The maximum absolute atomic E-state index is 13.6. The quantitative estimate of drug-likeness (QED) is 0.657. The predicted octanol–water partition coefficient (Wildman–Crippen LogP) is 4.21. The van der Waals surface area contributed by atoms with Gasteiger partial charge < -0.3 is 5.32 Å². The molecule has 1 aliphatic rings. The molecule has 2 heterocycles. The molecule has 8 heteroatoms. The van der Waals surface area contributed by atoms with Crippen molar-refractivity contribution in [2.75, 3.05) is 11.1 Å². The predicted molar refractivity (Wildman–Crippen MR) is 97.4 cm³/mol. The highest BCUT2D eigenvalue weighted by Crippen LogP contribution is 2.41. The molecule has 0 saturated heterocycles. The molecule has 3 aromatic rings. The summed E-state index contributed by atoms with van der Waals surface area (Å²) >= 11 is 2.95. The average Bonchev–Trinajstić information content (AvgIpc) is 3.13. The van der Waals surface area contributed by atoms with Crippen LogP contribution in [-0.2, 0) is 4.79 Å². The number of thioether (sulfide) groups is 1. The molecule has 25 heavy (non-hydrogen) atoms. The van der Waals surface area contributed by atoms with Gasteiger partial charge in [0, 0.05) is 6.04 Å². The SMILES string of the molecule is O=C(CSc1nnc(-c2cccs2)n1C1CC1)Nc1ccccc1F. The minimum atomic E-state index is -0.443. The van der Waals surface area contributed by atoms with Crippen molar-refractivity contribution < 1.29 is 9.18 Å². The maximum atomic E-state index is 13.6. The Morgan fingerprint density at radius 2 is 2.12 bits per heavy atom. The molecule has 1 saturated carbocycles. The van der Waals surface area contributed by atoms with Crippen molar-refractivity contribution in [3.05, 3.63) is 47.6 Å². The van der Waals surface area contributed by atoms with Gasteiger partial charge in [0.25, 0.3) is 0 Å². The topological polar surface area (TPSA) is 59.8 Å². The standard InChI is InChI=1S/C17H15FN4OS2/c18-12-4-1-2-5-13(12)19-15(23)10-25-17-21-20-16(14-6-3-9-24-14)22(17)11-7-8-11/h1-6,9,11H,7-8,10H2,(H,19,23). The Morgan fingerprint density at radius 3 is 2.84 bits per heavy atom. The Morgan fingerprint density at radius 1 is 1.28 bits per heavy atom. The highest BCUT2D eigenvalue weighted by Gasteiger charge is 2.30. The molecule has 1 aliphatic carbocycles. The summed E-state index contributed by atoms with van der Waals surface area (Å²) in [7, 11) is 0. The van der Waals surface area contributed by atoms with E-state index in [1.807, 2.05) is 17.5 Å². The second kappa shape index (κ2) is 6.97. The first-order valence-electron chi connectivity index (χ1n) is 7.88. The van der Waals surface area contributed by atoms with E-state index in [4.69, 9.17) is 0 Å². The van der Waals surface area contributed by atoms with E-state index in [0.717, 1.165) is 28.7 Å². The molecule has 1 aromatic carbocycles. The normalized spacial score (nSPS) is 13.8. The monoisotopic (exact) mass is 374 g/mol. The molecule has 0 unspecified atom stereocenters. The molecule has 0 spiro atoms. The summed E-state index contributed by atoms with van der Waals surface area (Å²) in [5, 5.41) is 13.9. The number of anilines is 1. The first-order valence-corrected chi connectivity index (χ1v) is 9.75. The smallest absolute Gasteiger partial charge is 0.234 e. The van der Waals surface area contributed by atoms with Crippen LogP contribution in [0.4, 0.5) is 10.1 Å². The molecule has 1 N–H and O–H groups in total. The number of para-hydroxylation sites is 1. The number of nitrogens with zero attached hydrogens (tertiary/aromatic N) is 3. The van der Waals surface area contributed by atoms with Crippen molar-refractivity contribution in [2.24, 2.45) is 0 Å². The Bertz CT molecular complexity index is 890. The van der Waals surface area contributed by atoms with Crippen molar-refractivity contribution in [1.82, 2.24) is 14.8 Å². The van der Waals surface area contributed by atoms with E-state index in [-0.39, 0.29) is 17.3 Å². The van der Waals surface area contributed by atoms with E-state index >= 15 is 0 Å². The van der Waals surface area contributed by atoms with E-state index in [9.17, 15) is 9.18 Å². The highest BCUT2D eigenvalue weighted by molar-refractivity contribution is 7.99. The third kappa shape index (κ3) is 3.59. The summed E-state index contributed by atoms with van der Waals surface area (Å²) in [6.07, 6.45) is 2.21. The number of carbonyl (C=O) groups is 1. The second-order valence-electron chi connectivity index (χ2n) is 5.70. The van der Waals surface area contributed by atoms with E-state index in [0.29, 0.717) is 6.04 Å². The summed E-state index contributed by atoms with van der Waals surface area (Å²) < 4.78 is 15.7. The fourth-order valence-electron chi connectivity index (χ4n) is 2.49. The number of amides is 1. The van der Waals surface area contributed by atoms with Crippen molar-refractivity contribution in [2.45, 2.75) is 24.0 Å². The Labute approximate surface area is 152 Å². The van der Waals surface area contributed by atoms with Gasteiger partial charge in [0.2, 0.25) is 5.91 Å². The van der Waals surface area contributed by atoms with Crippen LogP contribution in [0, 0.1) is 5.82 Å². The van der Waals surface area contributed by atoms with Gasteiger partial charge in [-0.2, -0.15) is 0 Å². The Hall–Kier alpha value is -2.19. The number of benzene rings is 1. The van der Waals surface area contributed by atoms with Crippen LogP contribution in [0.5, 0.6) is 0 Å². The molecule has 0 atom stereocenters. The number of rotatable bonds is 6. The summed E-state index contributed by atoms with van der Waals surface area (Å²) in [6.45, 7) is 0. The fourth-order valence-corrected chi connectivity index (χ4v) is 4.00. The molecule has 1 amide bonds. The molecule has 4 rings (SSSR count). The lowest BCUT2D eigenvalue weighted by molar-refractivity contribution is -0.113. The van der Waals surface area contributed by atoms with Crippen LogP contribution in [0.15, 0.2) is 46.9 Å². The summed E-state index contributed by atoms with van der Waals surface area (Å²) in [4.78, 5) is 13.2. The lowest BCUT2D eigenvalue weighted by atomic mass is 10.3. The minimum Gasteiger partial charge on any atom is -0.323 e. The van der Waals surface area contributed by atoms with Crippen molar-refractivity contribution >= 4 is 34.7 Å². The molecule has 1 fully saturated rings. The van der Waals surface area contributed by atoms with Crippen LogP contribution in [0.1, 0.15) is 18.9 Å². The lowest BCUT2D eigenvalue weighted by Gasteiger charge is -2.08. The zero-order chi connectivity index (χ0) is 17.2. The third-order valence-electron chi connectivity index (χ3n) is 3.80. The summed E-state index contributed by atoms with van der Waals surface area (Å²) in [5.41, 5.74) is 0.191. The summed E-state index contributed by atoms with van der Waals surface area (Å²) in [5.74, 6) is 0.304. The second-order valence-corrected chi connectivity index (χ2v) is 7.59. The van der Waals surface area contributed by atoms with Crippen molar-refractivity contribution in [3.8, 4) is 10.7 Å². The number of aromatic nitrogens is 3. The molecular weight excluding hydrogens is 359 g/mol. The maximum Gasteiger partial charge on any atom is 0.234 e.